The average molecular weight is 575 g/mol. The highest BCUT2D eigenvalue weighted by Gasteiger charge is 2.38. The fourth-order valence-corrected chi connectivity index (χ4v) is 5.55. The third kappa shape index (κ3) is 4.58. The van der Waals surface area contributed by atoms with E-state index in [9.17, 15) is 19.6 Å². The molecule has 0 spiro atoms. The van der Waals surface area contributed by atoms with Crippen LogP contribution in [0.15, 0.2) is 46.9 Å². The Morgan fingerprint density at radius 1 is 1.18 bits per heavy atom. The summed E-state index contributed by atoms with van der Waals surface area (Å²) in [6.07, 6.45) is 0.552. The molecule has 0 saturated heterocycles. The minimum Gasteiger partial charge on any atom is -0.331 e. The molecule has 5 rings (SSSR count). The Labute approximate surface area is 229 Å². The Morgan fingerprint density at radius 2 is 1.92 bits per heavy atom. The normalized spacial score (nSPS) is 17.3. The largest absolute Gasteiger partial charge is 0.331 e. The van der Waals surface area contributed by atoms with Crippen LogP contribution in [0.5, 0.6) is 0 Å². The second kappa shape index (κ2) is 10.1. The predicted molar refractivity (Wildman–Crippen MR) is 144 cm³/mol. The minimum atomic E-state index is -0.181. The number of fused-ring (bicyclic) bond motifs is 3. The number of nitrogens with one attached hydrogen (secondary N) is 1. The number of amides is 3. The second-order valence-corrected chi connectivity index (χ2v) is 10.6. The van der Waals surface area contributed by atoms with Gasteiger partial charge in [-0.1, -0.05) is 12.1 Å². The third-order valence-electron chi connectivity index (χ3n) is 7.27. The van der Waals surface area contributed by atoms with Crippen LogP contribution in [-0.4, -0.2) is 49.9 Å². The van der Waals surface area contributed by atoms with E-state index >= 15 is 0 Å². The molecule has 2 aromatic carbocycles. The first kappa shape index (κ1) is 25.7. The molecule has 1 unspecified atom stereocenters. The van der Waals surface area contributed by atoms with E-state index in [1.165, 1.54) is 6.92 Å². The molecule has 0 radical (unpaired) electrons. The topological polar surface area (TPSA) is 111 Å². The van der Waals surface area contributed by atoms with E-state index in [0.717, 1.165) is 16.8 Å². The number of aromatic nitrogens is 2. The Morgan fingerprint density at radius 3 is 2.61 bits per heavy atom. The lowest BCUT2D eigenvalue weighted by Crippen LogP contribution is -2.44. The third-order valence-corrected chi connectivity index (χ3v) is 7.97. The second-order valence-electron chi connectivity index (χ2n) is 9.77. The number of nitrogens with zero attached hydrogens (tertiary/aromatic N) is 5. The maximum atomic E-state index is 13.8. The van der Waals surface area contributed by atoms with Gasteiger partial charge in [0, 0.05) is 47.2 Å². The van der Waals surface area contributed by atoms with E-state index in [4.69, 9.17) is 5.10 Å². The van der Waals surface area contributed by atoms with Gasteiger partial charge in [-0.25, -0.2) is 0 Å². The molecule has 0 bridgehead atoms. The number of benzene rings is 2. The SMILES string of the molecule is CC(=O)Nc1ccc(C(C)N2CCn3nc4c(c3C2=O)CN(C(=O)c2ccc(Br)c(C#N)c2)[C@H](C)C4)cc1. The summed E-state index contributed by atoms with van der Waals surface area (Å²) in [4.78, 5) is 42.2. The molecule has 3 aromatic rings. The molecule has 9 nitrogen and oxygen atoms in total. The van der Waals surface area contributed by atoms with Gasteiger partial charge in [-0.3, -0.25) is 19.1 Å². The lowest BCUT2D eigenvalue weighted by atomic mass is 9.97. The van der Waals surface area contributed by atoms with Gasteiger partial charge in [0.05, 0.1) is 30.4 Å². The van der Waals surface area contributed by atoms with Crippen molar-refractivity contribution in [3.63, 3.8) is 0 Å². The molecule has 2 atom stereocenters. The molecule has 194 valence electrons. The van der Waals surface area contributed by atoms with Crippen LogP contribution in [0.1, 0.15) is 70.0 Å². The summed E-state index contributed by atoms with van der Waals surface area (Å²) in [7, 11) is 0. The molecule has 38 heavy (non-hydrogen) atoms. The van der Waals surface area contributed by atoms with Gasteiger partial charge in [-0.15, -0.1) is 0 Å². The number of hydrogen-bond donors (Lipinski definition) is 1. The molecular formula is C28H27BrN6O3. The van der Waals surface area contributed by atoms with Gasteiger partial charge in [0.15, 0.2) is 0 Å². The minimum absolute atomic E-state index is 0.103. The quantitative estimate of drug-likeness (QED) is 0.500. The Balaban J connectivity index is 1.40. The first-order valence-corrected chi connectivity index (χ1v) is 13.2. The molecule has 0 saturated carbocycles. The van der Waals surface area contributed by atoms with Crippen molar-refractivity contribution in [3.8, 4) is 6.07 Å². The van der Waals surface area contributed by atoms with Crippen LogP contribution in [0, 0.1) is 11.3 Å². The zero-order valence-electron chi connectivity index (χ0n) is 21.4. The Bertz CT molecular complexity index is 1490. The Hall–Kier alpha value is -3.97. The smallest absolute Gasteiger partial charge is 0.273 e. The average Bonchev–Trinajstić information content (AvgIpc) is 3.26. The predicted octanol–water partition coefficient (Wildman–Crippen LogP) is 4.28. The van der Waals surface area contributed by atoms with Gasteiger partial charge < -0.3 is 15.1 Å². The Kier molecular flexibility index (Phi) is 6.80. The van der Waals surface area contributed by atoms with Crippen LogP contribution in [0.2, 0.25) is 0 Å². The molecule has 1 N–H and O–H groups in total. The van der Waals surface area contributed by atoms with Crippen molar-refractivity contribution in [1.29, 1.82) is 5.26 Å². The van der Waals surface area contributed by atoms with Crippen molar-refractivity contribution in [1.82, 2.24) is 19.6 Å². The first-order chi connectivity index (χ1) is 18.2. The van der Waals surface area contributed by atoms with Gasteiger partial charge in [-0.2, -0.15) is 10.4 Å². The maximum absolute atomic E-state index is 13.8. The summed E-state index contributed by atoms with van der Waals surface area (Å²) < 4.78 is 2.42. The number of anilines is 1. The summed E-state index contributed by atoms with van der Waals surface area (Å²) in [5, 5.41) is 16.9. The van der Waals surface area contributed by atoms with Crippen LogP contribution < -0.4 is 5.32 Å². The lowest BCUT2D eigenvalue weighted by Gasteiger charge is -2.35. The van der Waals surface area contributed by atoms with E-state index in [1.807, 2.05) is 43.0 Å². The van der Waals surface area contributed by atoms with Gasteiger partial charge in [-0.05, 0) is 65.7 Å². The zero-order chi connectivity index (χ0) is 27.1. The molecular weight excluding hydrogens is 548 g/mol. The number of halogens is 1. The number of rotatable bonds is 4. The van der Waals surface area contributed by atoms with E-state index in [1.54, 1.807) is 27.8 Å². The van der Waals surface area contributed by atoms with Gasteiger partial charge in [0.2, 0.25) is 5.91 Å². The number of hydrogen-bond acceptors (Lipinski definition) is 5. The van der Waals surface area contributed by atoms with Crippen molar-refractivity contribution in [2.24, 2.45) is 0 Å². The van der Waals surface area contributed by atoms with Crippen LogP contribution in [0.3, 0.4) is 0 Å². The summed E-state index contributed by atoms with van der Waals surface area (Å²) in [6, 6.07) is 14.3. The molecule has 10 heteroatoms. The molecule has 1 aromatic heterocycles. The van der Waals surface area contributed by atoms with Gasteiger partial charge in [0.25, 0.3) is 11.8 Å². The van der Waals surface area contributed by atoms with E-state index in [0.29, 0.717) is 46.5 Å². The first-order valence-electron chi connectivity index (χ1n) is 12.5. The fourth-order valence-electron chi connectivity index (χ4n) is 5.22. The zero-order valence-corrected chi connectivity index (χ0v) is 22.9. The highest BCUT2D eigenvalue weighted by Crippen LogP contribution is 2.33. The highest BCUT2D eigenvalue weighted by molar-refractivity contribution is 9.10. The van der Waals surface area contributed by atoms with Gasteiger partial charge >= 0.3 is 0 Å². The fraction of sp³-hybridized carbons (Fsp3) is 0.321. The molecule has 0 fully saturated rings. The maximum Gasteiger partial charge on any atom is 0.273 e. The van der Waals surface area contributed by atoms with Crippen molar-refractivity contribution < 1.29 is 14.4 Å². The number of carbonyl (C=O) groups is 3. The summed E-state index contributed by atoms with van der Waals surface area (Å²) in [5.74, 6) is -0.428. The molecule has 3 heterocycles. The monoisotopic (exact) mass is 574 g/mol. The lowest BCUT2D eigenvalue weighted by molar-refractivity contribution is -0.114. The molecule has 0 aliphatic carbocycles. The van der Waals surface area contributed by atoms with Gasteiger partial charge in [0.1, 0.15) is 11.8 Å². The van der Waals surface area contributed by atoms with Crippen molar-refractivity contribution in [2.75, 3.05) is 11.9 Å². The van der Waals surface area contributed by atoms with Crippen LogP contribution in [-0.2, 0) is 24.3 Å². The van der Waals surface area contributed by atoms with Crippen molar-refractivity contribution >= 4 is 39.3 Å². The summed E-state index contributed by atoms with van der Waals surface area (Å²) >= 11 is 3.34. The molecule has 2 aliphatic heterocycles. The number of carbonyl (C=O) groups excluding carboxylic acids is 3. The van der Waals surface area contributed by atoms with Crippen molar-refractivity contribution in [3.05, 3.63) is 80.6 Å². The highest BCUT2D eigenvalue weighted by atomic mass is 79.9. The van der Waals surface area contributed by atoms with Crippen LogP contribution >= 0.6 is 15.9 Å². The van der Waals surface area contributed by atoms with E-state index in [2.05, 4.69) is 27.3 Å². The van der Waals surface area contributed by atoms with E-state index < -0.39 is 0 Å². The van der Waals surface area contributed by atoms with Crippen LogP contribution in [0.4, 0.5) is 5.69 Å². The standard InChI is InChI=1S/C28H27BrN6O3/c1-16-12-25-23(15-34(16)27(37)20-6-9-24(29)21(13-20)14-30)26-28(38)33(10-11-35(26)32-25)17(2)19-4-7-22(8-5-19)31-18(3)36/h4-9,13,16-17H,10-12,15H2,1-3H3,(H,31,36)/t16-,17?/m1/s1. The summed E-state index contributed by atoms with van der Waals surface area (Å²) in [6.45, 7) is 6.80. The number of nitriles is 1. The van der Waals surface area contributed by atoms with Crippen LogP contribution in [0.25, 0.3) is 0 Å². The molecule has 2 aliphatic rings. The summed E-state index contributed by atoms with van der Waals surface area (Å²) in [5.41, 5.74) is 4.68. The molecule has 3 amide bonds. The van der Waals surface area contributed by atoms with E-state index in [-0.39, 0.29) is 36.3 Å². The van der Waals surface area contributed by atoms with Crippen molar-refractivity contribution in [2.45, 2.75) is 52.4 Å².